The van der Waals surface area contributed by atoms with Crippen molar-refractivity contribution >= 4 is 41.8 Å². The van der Waals surface area contributed by atoms with Crippen LogP contribution in [0.1, 0.15) is 30.0 Å². The van der Waals surface area contributed by atoms with Gasteiger partial charge in [0.2, 0.25) is 11.8 Å². The molecule has 1 saturated carbocycles. The highest BCUT2D eigenvalue weighted by molar-refractivity contribution is 14.0. The normalized spacial score (nSPS) is 26.6. The zero-order chi connectivity index (χ0) is 22.8. The molecule has 5 atom stereocenters. The Hall–Kier alpha value is -1.94. The minimum absolute atomic E-state index is 0. The molecular formula is C25H36IN5O2. The number of allylic oxidation sites excluding steroid dienone is 2. The third-order valence-electron chi connectivity index (χ3n) is 7.18. The summed E-state index contributed by atoms with van der Waals surface area (Å²) in [4.78, 5) is 33.6. The molecule has 2 fully saturated rings. The molecule has 0 spiro atoms. The monoisotopic (exact) mass is 565 g/mol. The van der Waals surface area contributed by atoms with Gasteiger partial charge in [-0.3, -0.25) is 19.5 Å². The molecule has 0 aromatic heterocycles. The van der Waals surface area contributed by atoms with Crippen LogP contribution in [0.4, 0.5) is 0 Å². The number of carbonyl (C=O) groups is 2. The van der Waals surface area contributed by atoms with Crippen molar-refractivity contribution in [3.05, 3.63) is 47.5 Å². The number of fused-ring (bicyclic) bond motifs is 5. The smallest absolute Gasteiger partial charge is 0.233 e. The van der Waals surface area contributed by atoms with Gasteiger partial charge in [-0.05, 0) is 51.3 Å². The number of imide groups is 1. The van der Waals surface area contributed by atoms with Gasteiger partial charge in [-0.1, -0.05) is 42.0 Å². The molecule has 2 N–H and O–H groups in total. The molecule has 5 unspecified atom stereocenters. The SMILES string of the molecule is CN=C(NCCCN1C(=O)C2C3C=CC(C3)C2C1=O)NCC(c1ccc(C)cc1)N(C)C.I. The predicted octanol–water partition coefficient (Wildman–Crippen LogP) is 2.58. The van der Waals surface area contributed by atoms with Crippen molar-refractivity contribution in [2.75, 3.05) is 40.8 Å². The number of rotatable bonds is 8. The number of likely N-dealkylation sites (N-methyl/N-ethyl adjacent to an activating group) is 1. The molecule has 33 heavy (non-hydrogen) atoms. The minimum atomic E-state index is -0.107. The van der Waals surface area contributed by atoms with E-state index in [0.29, 0.717) is 19.5 Å². The van der Waals surface area contributed by atoms with Crippen LogP contribution in [0.5, 0.6) is 0 Å². The van der Waals surface area contributed by atoms with E-state index in [1.54, 1.807) is 7.05 Å². The number of hydrogen-bond donors (Lipinski definition) is 2. The molecular weight excluding hydrogens is 529 g/mol. The maximum absolute atomic E-state index is 12.8. The lowest BCUT2D eigenvalue weighted by molar-refractivity contribution is -0.140. The van der Waals surface area contributed by atoms with Crippen LogP contribution in [0.15, 0.2) is 41.4 Å². The zero-order valence-corrected chi connectivity index (χ0v) is 22.3. The summed E-state index contributed by atoms with van der Waals surface area (Å²) in [7, 11) is 5.90. The average Bonchev–Trinajstić information content (AvgIpc) is 3.45. The quantitative estimate of drug-likeness (QED) is 0.127. The fourth-order valence-electron chi connectivity index (χ4n) is 5.43. The molecule has 180 valence electrons. The lowest BCUT2D eigenvalue weighted by atomic mass is 9.85. The first-order valence-electron chi connectivity index (χ1n) is 11.6. The summed E-state index contributed by atoms with van der Waals surface area (Å²) in [5, 5.41) is 6.72. The molecule has 2 bridgehead atoms. The molecule has 2 aliphatic carbocycles. The molecule has 4 rings (SSSR count). The van der Waals surface area contributed by atoms with E-state index in [4.69, 9.17) is 0 Å². The number of guanidine groups is 1. The number of likely N-dealkylation sites (tertiary alicyclic amines) is 1. The number of amides is 2. The number of aryl methyl sites for hydroxylation is 1. The number of aliphatic imine (C=N–C) groups is 1. The number of nitrogens with zero attached hydrogens (tertiary/aromatic N) is 3. The summed E-state index contributed by atoms with van der Waals surface area (Å²) in [5.74, 6) is 1.12. The van der Waals surface area contributed by atoms with Crippen LogP contribution >= 0.6 is 24.0 Å². The lowest BCUT2D eigenvalue weighted by Gasteiger charge is -2.26. The third-order valence-corrected chi connectivity index (χ3v) is 7.18. The highest BCUT2D eigenvalue weighted by Crippen LogP contribution is 2.52. The fourth-order valence-corrected chi connectivity index (χ4v) is 5.43. The first kappa shape index (κ1) is 25.7. The Balaban J connectivity index is 0.00000306. The van der Waals surface area contributed by atoms with Gasteiger partial charge < -0.3 is 15.5 Å². The van der Waals surface area contributed by atoms with Gasteiger partial charge in [0.05, 0.1) is 17.9 Å². The Bertz CT molecular complexity index is 884. The largest absolute Gasteiger partial charge is 0.356 e. The van der Waals surface area contributed by atoms with Crippen molar-refractivity contribution in [3.63, 3.8) is 0 Å². The molecule has 1 heterocycles. The second-order valence-corrected chi connectivity index (χ2v) is 9.45. The van der Waals surface area contributed by atoms with Gasteiger partial charge in [0, 0.05) is 26.7 Å². The van der Waals surface area contributed by atoms with Crippen LogP contribution in [0.3, 0.4) is 0 Å². The van der Waals surface area contributed by atoms with E-state index in [1.807, 2.05) is 0 Å². The average molecular weight is 566 g/mol. The van der Waals surface area contributed by atoms with Crippen LogP contribution in [-0.4, -0.2) is 68.4 Å². The van der Waals surface area contributed by atoms with E-state index in [-0.39, 0.29) is 65.5 Å². The van der Waals surface area contributed by atoms with E-state index in [1.165, 1.54) is 16.0 Å². The van der Waals surface area contributed by atoms with Crippen molar-refractivity contribution in [2.24, 2.45) is 28.7 Å². The van der Waals surface area contributed by atoms with Gasteiger partial charge in [0.25, 0.3) is 0 Å². The zero-order valence-electron chi connectivity index (χ0n) is 20.0. The van der Waals surface area contributed by atoms with Crippen LogP contribution in [0.25, 0.3) is 0 Å². The summed E-state index contributed by atoms with van der Waals surface area (Å²) in [5.41, 5.74) is 2.50. The van der Waals surface area contributed by atoms with E-state index in [0.717, 1.165) is 18.9 Å². The van der Waals surface area contributed by atoms with E-state index in [2.05, 4.69) is 78.0 Å². The molecule has 1 aliphatic heterocycles. The Labute approximate surface area is 214 Å². The topological polar surface area (TPSA) is 77.0 Å². The summed E-state index contributed by atoms with van der Waals surface area (Å²) >= 11 is 0. The molecule has 1 aromatic rings. The summed E-state index contributed by atoms with van der Waals surface area (Å²) in [6.45, 7) is 3.93. The van der Waals surface area contributed by atoms with Gasteiger partial charge in [0.1, 0.15) is 0 Å². The molecule has 0 radical (unpaired) electrons. The van der Waals surface area contributed by atoms with Crippen molar-refractivity contribution in [1.29, 1.82) is 0 Å². The van der Waals surface area contributed by atoms with Crippen LogP contribution < -0.4 is 10.6 Å². The standard InChI is InChI=1S/C25H35N5O2.HI/c1-16-6-8-17(9-7-16)20(29(3)4)15-28-25(26-2)27-12-5-13-30-23(31)21-18-10-11-19(14-18)22(21)24(30)32;/h6-11,18-22H,5,12-15H2,1-4H3,(H2,26,27,28);1H. The van der Waals surface area contributed by atoms with Gasteiger partial charge >= 0.3 is 0 Å². The molecule has 3 aliphatic rings. The number of carbonyl (C=O) groups excluding carboxylic acids is 2. The summed E-state index contributed by atoms with van der Waals surface area (Å²) in [6.07, 6.45) is 5.95. The van der Waals surface area contributed by atoms with Crippen molar-refractivity contribution < 1.29 is 9.59 Å². The molecule has 1 aromatic carbocycles. The van der Waals surface area contributed by atoms with Gasteiger partial charge in [-0.15, -0.1) is 24.0 Å². The van der Waals surface area contributed by atoms with Crippen molar-refractivity contribution in [1.82, 2.24) is 20.4 Å². The number of nitrogens with one attached hydrogen (secondary N) is 2. The summed E-state index contributed by atoms with van der Waals surface area (Å²) < 4.78 is 0. The highest BCUT2D eigenvalue weighted by Gasteiger charge is 2.58. The maximum atomic E-state index is 12.8. The van der Waals surface area contributed by atoms with Crippen LogP contribution in [0, 0.1) is 30.6 Å². The van der Waals surface area contributed by atoms with Gasteiger partial charge in [-0.25, -0.2) is 0 Å². The van der Waals surface area contributed by atoms with E-state index < -0.39 is 0 Å². The van der Waals surface area contributed by atoms with E-state index in [9.17, 15) is 9.59 Å². The van der Waals surface area contributed by atoms with E-state index >= 15 is 0 Å². The molecule has 1 saturated heterocycles. The number of benzene rings is 1. The second-order valence-electron chi connectivity index (χ2n) is 9.45. The first-order chi connectivity index (χ1) is 15.4. The minimum Gasteiger partial charge on any atom is -0.356 e. The van der Waals surface area contributed by atoms with Gasteiger partial charge in [-0.2, -0.15) is 0 Å². The van der Waals surface area contributed by atoms with Crippen molar-refractivity contribution in [3.8, 4) is 0 Å². The molecule has 2 amide bonds. The Morgan fingerprint density at radius 1 is 1.09 bits per heavy atom. The third kappa shape index (κ3) is 5.26. The number of hydrogen-bond acceptors (Lipinski definition) is 4. The Morgan fingerprint density at radius 2 is 1.70 bits per heavy atom. The maximum Gasteiger partial charge on any atom is 0.233 e. The second kappa shape index (κ2) is 11.0. The van der Waals surface area contributed by atoms with Crippen molar-refractivity contribution in [2.45, 2.75) is 25.8 Å². The molecule has 7 nitrogen and oxygen atoms in total. The van der Waals surface area contributed by atoms with Crippen LogP contribution in [-0.2, 0) is 9.59 Å². The first-order valence-corrected chi connectivity index (χ1v) is 11.6. The molecule has 8 heteroatoms. The Kier molecular flexibility index (Phi) is 8.55. The van der Waals surface area contributed by atoms with Gasteiger partial charge in [0.15, 0.2) is 5.96 Å². The predicted molar refractivity (Wildman–Crippen MR) is 141 cm³/mol. The fraction of sp³-hybridized carbons (Fsp3) is 0.560. The number of halogens is 1. The Morgan fingerprint density at radius 3 is 2.24 bits per heavy atom. The van der Waals surface area contributed by atoms with Crippen LogP contribution in [0.2, 0.25) is 0 Å². The highest BCUT2D eigenvalue weighted by atomic mass is 127. The summed E-state index contributed by atoms with van der Waals surface area (Å²) in [6, 6.07) is 8.82. The lowest BCUT2D eigenvalue weighted by Crippen LogP contribution is -2.43.